The maximum atomic E-state index is 12.9. The van der Waals surface area contributed by atoms with Gasteiger partial charge in [-0.2, -0.15) is 13.2 Å². The molecule has 2 rings (SSSR count). The summed E-state index contributed by atoms with van der Waals surface area (Å²) in [5.74, 6) is -5.26. The lowest BCUT2D eigenvalue weighted by atomic mass is 9.96. The van der Waals surface area contributed by atoms with Gasteiger partial charge in [-0.3, -0.25) is 4.79 Å². The van der Waals surface area contributed by atoms with Gasteiger partial charge in [-0.05, 0) is 0 Å². The van der Waals surface area contributed by atoms with Gasteiger partial charge < -0.3 is 24.8 Å². The standard InChI is InChI=1S/C13H19F3N2O5/c1-22-12(2-3-23-7-12)6-17-11(21)18-4-8(10(19)20)9(5-18)13(14,15)16/h8-9H,2-7H2,1H3,(H,17,21)(H,19,20)/t8-,9-,12?/m1/s1. The predicted molar refractivity (Wildman–Crippen MR) is 70.8 cm³/mol. The molecule has 3 atom stereocenters. The van der Waals surface area contributed by atoms with Crippen molar-refractivity contribution in [2.24, 2.45) is 11.8 Å². The number of halogens is 3. The Morgan fingerprint density at radius 3 is 2.57 bits per heavy atom. The van der Waals surface area contributed by atoms with E-state index in [1.54, 1.807) is 0 Å². The van der Waals surface area contributed by atoms with E-state index in [1.807, 2.05) is 0 Å². The number of methoxy groups -OCH3 is 1. The molecule has 2 saturated heterocycles. The SMILES string of the molecule is COC1(CNC(=O)N2C[C@@H](C(F)(F)F)[C@H](C(=O)O)C2)CCOC1. The maximum Gasteiger partial charge on any atom is 0.394 e. The van der Waals surface area contributed by atoms with Crippen molar-refractivity contribution in [1.82, 2.24) is 10.2 Å². The normalized spacial score (nSPS) is 31.4. The average Bonchev–Trinajstić information content (AvgIpc) is 3.12. The van der Waals surface area contributed by atoms with Crippen LogP contribution in [0.3, 0.4) is 0 Å². The van der Waals surface area contributed by atoms with Gasteiger partial charge in [0.25, 0.3) is 0 Å². The Labute approximate surface area is 130 Å². The molecule has 0 aliphatic carbocycles. The molecule has 2 aliphatic heterocycles. The molecule has 0 saturated carbocycles. The molecule has 132 valence electrons. The largest absolute Gasteiger partial charge is 0.481 e. The van der Waals surface area contributed by atoms with Crippen molar-refractivity contribution in [3.05, 3.63) is 0 Å². The van der Waals surface area contributed by atoms with Crippen LogP contribution in [-0.2, 0) is 14.3 Å². The third-order valence-corrected chi connectivity index (χ3v) is 4.41. The van der Waals surface area contributed by atoms with E-state index >= 15 is 0 Å². The Morgan fingerprint density at radius 2 is 2.13 bits per heavy atom. The first kappa shape index (κ1) is 17.8. The fourth-order valence-electron chi connectivity index (χ4n) is 2.86. The van der Waals surface area contributed by atoms with Crippen molar-refractivity contribution < 1.29 is 37.3 Å². The smallest absolute Gasteiger partial charge is 0.394 e. The van der Waals surface area contributed by atoms with Crippen molar-refractivity contribution in [2.45, 2.75) is 18.2 Å². The van der Waals surface area contributed by atoms with Crippen molar-refractivity contribution in [3.63, 3.8) is 0 Å². The minimum Gasteiger partial charge on any atom is -0.481 e. The van der Waals surface area contributed by atoms with Crippen LogP contribution in [0.1, 0.15) is 6.42 Å². The number of nitrogens with one attached hydrogen (secondary N) is 1. The van der Waals surface area contributed by atoms with Gasteiger partial charge in [-0.25, -0.2) is 4.79 Å². The topological polar surface area (TPSA) is 88.1 Å². The van der Waals surface area contributed by atoms with Gasteiger partial charge in [0.05, 0.1) is 25.0 Å². The molecule has 0 bridgehead atoms. The summed E-state index contributed by atoms with van der Waals surface area (Å²) in [4.78, 5) is 23.9. The van der Waals surface area contributed by atoms with Gasteiger partial charge in [-0.15, -0.1) is 0 Å². The molecule has 0 aromatic carbocycles. The number of carboxylic acid groups (broad SMARTS) is 1. The molecule has 2 heterocycles. The number of carbonyl (C=O) groups is 2. The van der Waals surface area contributed by atoms with E-state index in [1.165, 1.54) is 7.11 Å². The molecule has 2 aliphatic rings. The second-order valence-electron chi connectivity index (χ2n) is 5.85. The number of rotatable bonds is 4. The highest BCUT2D eigenvalue weighted by Crippen LogP contribution is 2.37. The van der Waals surface area contributed by atoms with Crippen LogP contribution in [0.5, 0.6) is 0 Å². The monoisotopic (exact) mass is 340 g/mol. The number of hydrogen-bond donors (Lipinski definition) is 2. The zero-order chi connectivity index (χ0) is 17.3. The fraction of sp³-hybridized carbons (Fsp3) is 0.846. The van der Waals surface area contributed by atoms with Gasteiger partial charge in [0, 0.05) is 33.2 Å². The Morgan fingerprint density at radius 1 is 1.43 bits per heavy atom. The Kier molecular flexibility index (Phi) is 5.04. The lowest BCUT2D eigenvalue weighted by molar-refractivity contribution is -0.187. The predicted octanol–water partition coefficient (Wildman–Crippen LogP) is 0.696. The first-order chi connectivity index (χ1) is 10.7. The van der Waals surface area contributed by atoms with E-state index in [0.29, 0.717) is 13.0 Å². The molecule has 23 heavy (non-hydrogen) atoms. The number of carboxylic acids is 1. The summed E-state index contributed by atoms with van der Waals surface area (Å²) >= 11 is 0. The van der Waals surface area contributed by atoms with Gasteiger partial charge in [-0.1, -0.05) is 0 Å². The highest BCUT2D eigenvalue weighted by Gasteiger charge is 2.53. The van der Waals surface area contributed by atoms with Gasteiger partial charge in [0.2, 0.25) is 0 Å². The van der Waals surface area contributed by atoms with E-state index in [9.17, 15) is 22.8 Å². The summed E-state index contributed by atoms with van der Waals surface area (Å²) in [7, 11) is 1.47. The van der Waals surface area contributed by atoms with Crippen LogP contribution in [0.15, 0.2) is 0 Å². The van der Waals surface area contributed by atoms with Crippen molar-refractivity contribution in [3.8, 4) is 0 Å². The third kappa shape index (κ3) is 3.86. The first-order valence-corrected chi connectivity index (χ1v) is 7.14. The fourth-order valence-corrected chi connectivity index (χ4v) is 2.86. The Balaban J connectivity index is 1.96. The highest BCUT2D eigenvalue weighted by molar-refractivity contribution is 5.77. The van der Waals surface area contributed by atoms with Crippen LogP contribution in [-0.4, -0.2) is 73.7 Å². The number of urea groups is 1. The van der Waals surface area contributed by atoms with Crippen LogP contribution in [0, 0.1) is 11.8 Å². The molecule has 10 heteroatoms. The number of alkyl halides is 3. The number of likely N-dealkylation sites (tertiary alicyclic amines) is 1. The molecule has 0 radical (unpaired) electrons. The number of nitrogens with zero attached hydrogens (tertiary/aromatic N) is 1. The molecule has 2 N–H and O–H groups in total. The lowest BCUT2D eigenvalue weighted by Crippen LogP contribution is -2.49. The second-order valence-corrected chi connectivity index (χ2v) is 5.85. The van der Waals surface area contributed by atoms with Crippen LogP contribution < -0.4 is 5.32 Å². The van der Waals surface area contributed by atoms with Gasteiger partial charge in [0.1, 0.15) is 5.60 Å². The lowest BCUT2D eigenvalue weighted by Gasteiger charge is -2.27. The second kappa shape index (κ2) is 6.52. The van der Waals surface area contributed by atoms with Crippen LogP contribution in [0.25, 0.3) is 0 Å². The van der Waals surface area contributed by atoms with Crippen molar-refractivity contribution in [1.29, 1.82) is 0 Å². The summed E-state index contributed by atoms with van der Waals surface area (Å²) in [6, 6.07) is -0.730. The van der Waals surface area contributed by atoms with E-state index in [0.717, 1.165) is 4.90 Å². The number of hydrogen-bond acceptors (Lipinski definition) is 4. The van der Waals surface area contributed by atoms with E-state index in [2.05, 4.69) is 5.32 Å². The molecular weight excluding hydrogens is 321 g/mol. The quantitative estimate of drug-likeness (QED) is 0.786. The molecule has 2 amide bonds. The molecular formula is C13H19F3N2O5. The summed E-state index contributed by atoms with van der Waals surface area (Å²) in [5, 5.41) is 11.4. The summed E-state index contributed by atoms with van der Waals surface area (Å²) < 4.78 is 49.2. The zero-order valence-electron chi connectivity index (χ0n) is 12.6. The number of aliphatic carboxylic acids is 1. The van der Waals surface area contributed by atoms with Gasteiger partial charge >= 0.3 is 18.2 Å². The van der Waals surface area contributed by atoms with E-state index in [-0.39, 0.29) is 13.2 Å². The first-order valence-electron chi connectivity index (χ1n) is 7.14. The molecule has 7 nitrogen and oxygen atoms in total. The number of carbonyl (C=O) groups excluding carboxylic acids is 1. The summed E-state index contributed by atoms with van der Waals surface area (Å²) in [5.41, 5.74) is -0.689. The van der Waals surface area contributed by atoms with Gasteiger partial charge in [0.15, 0.2) is 0 Å². The number of ether oxygens (including phenoxy) is 2. The number of amides is 2. The molecule has 0 aromatic rings. The molecule has 0 spiro atoms. The molecule has 1 unspecified atom stereocenters. The molecule has 0 aromatic heterocycles. The third-order valence-electron chi connectivity index (χ3n) is 4.41. The van der Waals surface area contributed by atoms with Crippen molar-refractivity contribution >= 4 is 12.0 Å². The van der Waals surface area contributed by atoms with E-state index < -0.39 is 48.7 Å². The summed E-state index contributed by atoms with van der Waals surface area (Å²) in [6.45, 7) is -0.283. The van der Waals surface area contributed by atoms with E-state index in [4.69, 9.17) is 14.6 Å². The van der Waals surface area contributed by atoms with Crippen LogP contribution >= 0.6 is 0 Å². The van der Waals surface area contributed by atoms with Crippen LogP contribution in [0.2, 0.25) is 0 Å². The highest BCUT2D eigenvalue weighted by atomic mass is 19.4. The minimum absolute atomic E-state index is 0.0905. The molecule has 2 fully saturated rings. The summed E-state index contributed by atoms with van der Waals surface area (Å²) in [6.07, 6.45) is -4.10. The average molecular weight is 340 g/mol. The minimum atomic E-state index is -4.66. The van der Waals surface area contributed by atoms with Crippen LogP contribution in [0.4, 0.5) is 18.0 Å². The zero-order valence-corrected chi connectivity index (χ0v) is 12.6. The van der Waals surface area contributed by atoms with Crippen molar-refractivity contribution in [2.75, 3.05) is 40.0 Å². The maximum absolute atomic E-state index is 12.9. The Hall–Kier alpha value is -1.55. The Bertz CT molecular complexity index is 465.